The van der Waals surface area contributed by atoms with Crippen molar-refractivity contribution in [2.24, 2.45) is 28.6 Å². The first-order valence-electron chi connectivity index (χ1n) is 14.7. The molecular weight excluding hydrogens is 514 g/mol. The Labute approximate surface area is 234 Å². The van der Waals surface area contributed by atoms with Crippen LogP contribution in [0.5, 0.6) is 0 Å². The zero-order valence-electron chi connectivity index (χ0n) is 24.1. The van der Waals surface area contributed by atoms with E-state index in [1.165, 1.54) is 19.3 Å². The van der Waals surface area contributed by atoms with E-state index in [0.717, 1.165) is 56.2 Å². The molecule has 1 aromatic rings. The van der Waals surface area contributed by atoms with Gasteiger partial charge < -0.3 is 9.88 Å². The number of hydrogen-bond acceptors (Lipinski definition) is 5. The molecule has 1 amide bonds. The summed E-state index contributed by atoms with van der Waals surface area (Å²) in [4.78, 5) is 21.4. The number of carbonyl (C=O) groups excluding carboxylic acids is 1. The lowest BCUT2D eigenvalue weighted by Crippen LogP contribution is -2.43. The van der Waals surface area contributed by atoms with Crippen molar-refractivity contribution in [1.29, 1.82) is 0 Å². The molecule has 218 valence electrons. The summed E-state index contributed by atoms with van der Waals surface area (Å²) in [5, 5.41) is 0. The van der Waals surface area contributed by atoms with Crippen LogP contribution < -0.4 is 0 Å². The van der Waals surface area contributed by atoms with Crippen LogP contribution in [-0.4, -0.2) is 53.4 Å². The first-order valence-corrected chi connectivity index (χ1v) is 16.0. The van der Waals surface area contributed by atoms with Crippen molar-refractivity contribution in [3.8, 4) is 0 Å². The van der Waals surface area contributed by atoms with E-state index in [2.05, 4.69) is 43.7 Å². The zero-order valence-corrected chi connectivity index (χ0v) is 24.9. The molecule has 3 aliphatic rings. The summed E-state index contributed by atoms with van der Waals surface area (Å²) in [5.74, 6) is 1.25. The van der Waals surface area contributed by atoms with Gasteiger partial charge in [-0.05, 0) is 91.9 Å². The van der Waals surface area contributed by atoms with Crippen molar-refractivity contribution in [2.45, 2.75) is 91.9 Å². The SMILES string of the molecule is C[C@H]1CC[C@H]2C(=CCCC2(C)C)[C@]1(C)CC[C@@H](CCCC1=CC(=O)N(CCc2cnc[nH]2)C1)COS(=O)(=O)O. The van der Waals surface area contributed by atoms with Crippen LogP contribution in [0.3, 0.4) is 0 Å². The molecule has 4 atom stereocenters. The lowest BCUT2D eigenvalue weighted by molar-refractivity contribution is -0.124. The summed E-state index contributed by atoms with van der Waals surface area (Å²) >= 11 is 0. The Morgan fingerprint density at radius 2 is 2.03 bits per heavy atom. The van der Waals surface area contributed by atoms with Crippen LogP contribution in [0.4, 0.5) is 0 Å². The van der Waals surface area contributed by atoms with Gasteiger partial charge in [-0.1, -0.05) is 39.3 Å². The van der Waals surface area contributed by atoms with Gasteiger partial charge in [-0.15, -0.1) is 0 Å². The van der Waals surface area contributed by atoms with E-state index in [0.29, 0.717) is 30.3 Å². The molecule has 0 radical (unpaired) electrons. The Bertz CT molecular complexity index is 1160. The maximum absolute atomic E-state index is 12.5. The summed E-state index contributed by atoms with van der Waals surface area (Å²) in [6.45, 7) is 10.9. The lowest BCUT2D eigenvalue weighted by Gasteiger charge is -2.53. The van der Waals surface area contributed by atoms with E-state index in [1.54, 1.807) is 24.2 Å². The van der Waals surface area contributed by atoms with Crippen molar-refractivity contribution in [3.63, 3.8) is 0 Å². The molecule has 0 spiro atoms. The number of nitrogens with one attached hydrogen (secondary N) is 1. The van der Waals surface area contributed by atoms with E-state index >= 15 is 0 Å². The predicted octanol–water partition coefficient (Wildman–Crippen LogP) is 5.91. The predicted molar refractivity (Wildman–Crippen MR) is 152 cm³/mol. The fourth-order valence-corrected chi connectivity index (χ4v) is 7.56. The van der Waals surface area contributed by atoms with Crippen LogP contribution >= 0.6 is 0 Å². The van der Waals surface area contributed by atoms with Crippen molar-refractivity contribution in [1.82, 2.24) is 14.9 Å². The van der Waals surface area contributed by atoms with Gasteiger partial charge in [-0.2, -0.15) is 8.42 Å². The van der Waals surface area contributed by atoms with E-state index in [1.807, 2.05) is 4.90 Å². The number of rotatable bonds is 13. The number of allylic oxidation sites excluding steroid dienone is 2. The van der Waals surface area contributed by atoms with E-state index in [4.69, 9.17) is 4.18 Å². The third-order valence-electron chi connectivity index (χ3n) is 9.98. The van der Waals surface area contributed by atoms with Crippen molar-refractivity contribution in [3.05, 3.63) is 41.5 Å². The van der Waals surface area contributed by atoms with E-state index in [-0.39, 0.29) is 23.8 Å². The van der Waals surface area contributed by atoms with Crippen LogP contribution in [0.25, 0.3) is 0 Å². The number of imidazole rings is 1. The third kappa shape index (κ3) is 7.61. The second-order valence-electron chi connectivity index (χ2n) is 13.0. The minimum Gasteiger partial charge on any atom is -0.348 e. The Morgan fingerprint density at radius 1 is 1.23 bits per heavy atom. The molecule has 2 aliphatic carbocycles. The average molecular weight is 562 g/mol. The Morgan fingerprint density at radius 3 is 2.74 bits per heavy atom. The standard InChI is InChI=1S/C30H47N3O5S/c1-22-10-11-26-27(9-6-14-29(26,2)3)30(22,4)15-12-23(20-38-39(35,36)37)7-5-8-24-17-28(34)33(19-24)16-13-25-18-31-21-32-25/h9,17-18,21-23,26H,5-8,10-16,19-20H2,1-4H3,(H,31,32)(H,35,36,37)/t22-,23+,26-,30+/m0/s1. The molecular formula is C30H47N3O5S. The van der Waals surface area contributed by atoms with Crippen LogP contribution in [0, 0.1) is 28.6 Å². The van der Waals surface area contributed by atoms with Crippen molar-refractivity contribution < 1.29 is 21.9 Å². The van der Waals surface area contributed by atoms with Crippen molar-refractivity contribution in [2.75, 3.05) is 19.7 Å². The molecule has 39 heavy (non-hydrogen) atoms. The van der Waals surface area contributed by atoms with Crippen LogP contribution in [0.2, 0.25) is 0 Å². The van der Waals surface area contributed by atoms with E-state index < -0.39 is 10.4 Å². The molecule has 1 fully saturated rings. The number of aromatic nitrogens is 2. The second kappa shape index (κ2) is 12.3. The topological polar surface area (TPSA) is 113 Å². The van der Waals surface area contributed by atoms with Gasteiger partial charge in [0.25, 0.3) is 0 Å². The smallest absolute Gasteiger partial charge is 0.348 e. The molecule has 0 bridgehead atoms. The van der Waals surface area contributed by atoms with Gasteiger partial charge in [0.1, 0.15) is 0 Å². The minimum absolute atomic E-state index is 0.00838. The summed E-state index contributed by atoms with van der Waals surface area (Å²) in [6.07, 6.45) is 17.5. The molecule has 1 aliphatic heterocycles. The molecule has 2 N–H and O–H groups in total. The molecule has 8 nitrogen and oxygen atoms in total. The maximum Gasteiger partial charge on any atom is 0.397 e. The van der Waals surface area contributed by atoms with Gasteiger partial charge in [0.05, 0.1) is 12.9 Å². The number of carbonyl (C=O) groups is 1. The summed E-state index contributed by atoms with van der Waals surface area (Å²) in [5.41, 5.74) is 4.14. The highest BCUT2D eigenvalue weighted by atomic mass is 32.3. The van der Waals surface area contributed by atoms with Crippen LogP contribution in [0.15, 0.2) is 35.8 Å². The van der Waals surface area contributed by atoms with Crippen LogP contribution in [0.1, 0.15) is 91.2 Å². The summed E-state index contributed by atoms with van der Waals surface area (Å²) < 4.78 is 36.9. The molecule has 0 unspecified atom stereocenters. The molecule has 2 heterocycles. The summed E-state index contributed by atoms with van der Waals surface area (Å²) in [7, 11) is -4.48. The van der Waals surface area contributed by atoms with Gasteiger partial charge in [0.15, 0.2) is 0 Å². The monoisotopic (exact) mass is 561 g/mol. The van der Waals surface area contributed by atoms with Gasteiger partial charge in [-0.3, -0.25) is 9.35 Å². The normalized spacial score (nSPS) is 27.7. The van der Waals surface area contributed by atoms with Gasteiger partial charge >= 0.3 is 10.4 Å². The highest BCUT2D eigenvalue weighted by Gasteiger charge is 2.47. The van der Waals surface area contributed by atoms with Crippen LogP contribution in [-0.2, 0) is 25.8 Å². The first-order chi connectivity index (χ1) is 18.4. The Kier molecular flexibility index (Phi) is 9.44. The molecule has 0 saturated heterocycles. The highest BCUT2D eigenvalue weighted by Crippen LogP contribution is 2.58. The number of H-pyrrole nitrogens is 1. The lowest BCUT2D eigenvalue weighted by atomic mass is 9.52. The number of aromatic amines is 1. The Balaban J connectivity index is 1.33. The number of fused-ring (bicyclic) bond motifs is 1. The first kappa shape index (κ1) is 30.0. The molecule has 0 aromatic carbocycles. The minimum atomic E-state index is -4.48. The Hall–Kier alpha value is -1.97. The zero-order chi connectivity index (χ0) is 28.3. The van der Waals surface area contributed by atoms with Gasteiger partial charge in [-0.25, -0.2) is 9.17 Å². The molecule has 1 aromatic heterocycles. The quantitative estimate of drug-likeness (QED) is 0.229. The second-order valence-corrected chi connectivity index (χ2v) is 14.1. The maximum atomic E-state index is 12.5. The van der Waals surface area contributed by atoms with Crippen molar-refractivity contribution >= 4 is 16.3 Å². The highest BCUT2D eigenvalue weighted by molar-refractivity contribution is 7.80. The van der Waals surface area contributed by atoms with E-state index in [9.17, 15) is 17.8 Å². The van der Waals surface area contributed by atoms with Gasteiger partial charge in [0, 0.05) is 37.5 Å². The summed E-state index contributed by atoms with van der Waals surface area (Å²) in [6, 6.07) is 0. The molecule has 9 heteroatoms. The molecule has 4 rings (SSSR count). The average Bonchev–Trinajstić information content (AvgIpc) is 3.50. The fourth-order valence-electron chi connectivity index (χ4n) is 7.19. The largest absolute Gasteiger partial charge is 0.397 e. The number of nitrogens with zero attached hydrogens (tertiary/aromatic N) is 2. The fraction of sp³-hybridized carbons (Fsp3) is 0.733. The number of amides is 1. The third-order valence-corrected chi connectivity index (χ3v) is 10.4. The number of hydrogen-bond donors (Lipinski definition) is 2. The molecule has 1 saturated carbocycles. The van der Waals surface area contributed by atoms with Gasteiger partial charge in [0.2, 0.25) is 5.91 Å².